The Labute approximate surface area is 171 Å². The molecule has 27 heavy (non-hydrogen) atoms. The summed E-state index contributed by atoms with van der Waals surface area (Å²) in [6.45, 7) is 5.00. The number of halogens is 2. The number of rotatable bonds is 5. The van der Waals surface area contributed by atoms with Crippen molar-refractivity contribution in [2.45, 2.75) is 19.4 Å². The monoisotopic (exact) mass is 419 g/mol. The van der Waals surface area contributed by atoms with E-state index in [1.54, 1.807) is 18.0 Å². The Kier molecular flexibility index (Phi) is 8.67. The number of amides is 1. The third-order valence-electron chi connectivity index (χ3n) is 4.61. The summed E-state index contributed by atoms with van der Waals surface area (Å²) in [6.07, 6.45) is 1.91. The average molecular weight is 420 g/mol. The molecule has 0 bridgehead atoms. The number of carbonyl (C=O) groups excluding carboxylic acids is 1. The molecule has 2 N–H and O–H groups in total. The molecule has 0 saturated carbocycles. The molecule has 1 amide bonds. The maximum absolute atomic E-state index is 12.4. The number of ether oxygens (including phenoxy) is 1. The van der Waals surface area contributed by atoms with Crippen molar-refractivity contribution in [3.05, 3.63) is 12.0 Å². The maximum atomic E-state index is 12.4. The van der Waals surface area contributed by atoms with Crippen LogP contribution in [0.4, 0.5) is 5.82 Å². The molecule has 1 aliphatic rings. The number of hydrogen-bond acceptors (Lipinski definition) is 7. The largest absolute Gasteiger partial charge is 0.380 e. The Morgan fingerprint density at radius 2 is 1.93 bits per heavy atom. The number of methoxy groups -OCH3 is 1. The summed E-state index contributed by atoms with van der Waals surface area (Å²) in [6, 6.07) is 0. The van der Waals surface area contributed by atoms with Crippen LogP contribution in [0.5, 0.6) is 0 Å². The third kappa shape index (κ3) is 4.98. The SMILES string of the molecule is COC(CN)CC(=O)N1CCN(c2nc(C)nc3c2cnn3C)CC1.Cl.Cl. The Morgan fingerprint density at radius 1 is 1.26 bits per heavy atom. The van der Waals surface area contributed by atoms with E-state index in [1.807, 2.05) is 18.9 Å². The lowest BCUT2D eigenvalue weighted by molar-refractivity contribution is -0.133. The van der Waals surface area contributed by atoms with Crippen LogP contribution in [-0.4, -0.2) is 76.5 Å². The minimum atomic E-state index is -0.218. The van der Waals surface area contributed by atoms with Crippen molar-refractivity contribution in [1.82, 2.24) is 24.6 Å². The van der Waals surface area contributed by atoms with Crippen LogP contribution in [-0.2, 0) is 16.6 Å². The summed E-state index contributed by atoms with van der Waals surface area (Å²) in [4.78, 5) is 25.5. The first-order chi connectivity index (χ1) is 12.0. The van der Waals surface area contributed by atoms with Crippen LogP contribution in [0.3, 0.4) is 0 Å². The van der Waals surface area contributed by atoms with Gasteiger partial charge < -0.3 is 20.3 Å². The number of piperazine rings is 1. The fourth-order valence-electron chi connectivity index (χ4n) is 3.11. The molecule has 2 aromatic heterocycles. The molecule has 11 heteroatoms. The van der Waals surface area contributed by atoms with Crippen LogP contribution in [0.25, 0.3) is 11.0 Å². The van der Waals surface area contributed by atoms with Crippen molar-refractivity contribution in [2.75, 3.05) is 44.7 Å². The molecule has 0 radical (unpaired) electrons. The van der Waals surface area contributed by atoms with E-state index in [0.717, 1.165) is 35.8 Å². The predicted molar refractivity (Wildman–Crippen MR) is 109 cm³/mol. The summed E-state index contributed by atoms with van der Waals surface area (Å²) in [5, 5.41) is 5.22. The zero-order valence-electron chi connectivity index (χ0n) is 15.8. The van der Waals surface area contributed by atoms with E-state index >= 15 is 0 Å². The Bertz CT molecular complexity index is 759. The van der Waals surface area contributed by atoms with Gasteiger partial charge >= 0.3 is 0 Å². The Hall–Kier alpha value is -1.68. The quantitative estimate of drug-likeness (QED) is 0.753. The first-order valence-electron chi connectivity index (χ1n) is 8.45. The topological polar surface area (TPSA) is 102 Å². The van der Waals surface area contributed by atoms with Crippen molar-refractivity contribution in [2.24, 2.45) is 12.8 Å². The highest BCUT2D eigenvalue weighted by molar-refractivity contribution is 5.87. The molecule has 2 aromatic rings. The van der Waals surface area contributed by atoms with Gasteiger partial charge in [0.2, 0.25) is 5.91 Å². The number of nitrogens with zero attached hydrogens (tertiary/aromatic N) is 6. The zero-order valence-corrected chi connectivity index (χ0v) is 17.4. The molecule has 152 valence electrons. The second-order valence-corrected chi connectivity index (χ2v) is 6.27. The van der Waals surface area contributed by atoms with Gasteiger partial charge in [-0.1, -0.05) is 0 Å². The standard InChI is InChI=1S/C16H25N7O2.2ClH/c1-11-19-15-13(10-18-21(15)2)16(20-11)23-6-4-22(5-7-23)14(24)8-12(9-17)25-3;;/h10,12H,4-9,17H2,1-3H3;2*1H. The van der Waals surface area contributed by atoms with Gasteiger partial charge in [-0.3, -0.25) is 9.48 Å². The van der Waals surface area contributed by atoms with Gasteiger partial charge in [0.1, 0.15) is 11.6 Å². The number of anilines is 1. The Balaban J connectivity index is 0.00000182. The summed E-state index contributed by atoms with van der Waals surface area (Å²) in [7, 11) is 3.46. The first-order valence-corrected chi connectivity index (χ1v) is 8.45. The summed E-state index contributed by atoms with van der Waals surface area (Å²) in [5.41, 5.74) is 6.43. The molecule has 3 rings (SSSR count). The molecule has 1 saturated heterocycles. The second kappa shape index (κ2) is 10.0. The van der Waals surface area contributed by atoms with Crippen molar-refractivity contribution in [3.63, 3.8) is 0 Å². The van der Waals surface area contributed by atoms with E-state index in [9.17, 15) is 4.79 Å². The molecule has 0 aromatic carbocycles. The van der Waals surface area contributed by atoms with Crippen molar-refractivity contribution >= 4 is 47.6 Å². The highest BCUT2D eigenvalue weighted by Crippen LogP contribution is 2.24. The summed E-state index contributed by atoms with van der Waals surface area (Å²) < 4.78 is 6.96. The molecular formula is C16H27Cl2N7O2. The van der Waals surface area contributed by atoms with Crippen molar-refractivity contribution < 1.29 is 9.53 Å². The summed E-state index contributed by atoms with van der Waals surface area (Å²) >= 11 is 0. The highest BCUT2D eigenvalue weighted by Gasteiger charge is 2.25. The van der Waals surface area contributed by atoms with Crippen LogP contribution < -0.4 is 10.6 Å². The van der Waals surface area contributed by atoms with Crippen LogP contribution in [0.2, 0.25) is 0 Å². The minimum Gasteiger partial charge on any atom is -0.380 e. The van der Waals surface area contributed by atoms with Gasteiger partial charge in [0.15, 0.2) is 5.65 Å². The molecule has 0 spiro atoms. The lowest BCUT2D eigenvalue weighted by atomic mass is 10.2. The highest BCUT2D eigenvalue weighted by atomic mass is 35.5. The van der Waals surface area contributed by atoms with E-state index in [1.165, 1.54) is 0 Å². The fourth-order valence-corrected chi connectivity index (χ4v) is 3.11. The number of aromatic nitrogens is 4. The molecule has 3 heterocycles. The smallest absolute Gasteiger partial charge is 0.225 e. The molecule has 1 unspecified atom stereocenters. The number of fused-ring (bicyclic) bond motifs is 1. The number of aryl methyl sites for hydroxylation is 2. The number of nitrogens with two attached hydrogens (primary N) is 1. The second-order valence-electron chi connectivity index (χ2n) is 6.27. The van der Waals surface area contributed by atoms with Gasteiger partial charge in [-0.25, -0.2) is 9.97 Å². The average Bonchev–Trinajstić information content (AvgIpc) is 3.00. The van der Waals surface area contributed by atoms with Gasteiger partial charge in [0, 0.05) is 46.9 Å². The molecule has 1 aliphatic heterocycles. The van der Waals surface area contributed by atoms with Crippen LogP contribution in [0, 0.1) is 6.92 Å². The van der Waals surface area contributed by atoms with E-state index in [0.29, 0.717) is 26.1 Å². The van der Waals surface area contributed by atoms with E-state index in [-0.39, 0.29) is 36.8 Å². The molecular weight excluding hydrogens is 393 g/mol. The zero-order chi connectivity index (χ0) is 18.0. The molecule has 0 aliphatic carbocycles. The van der Waals surface area contributed by atoms with E-state index in [4.69, 9.17) is 10.5 Å². The lowest BCUT2D eigenvalue weighted by Crippen LogP contribution is -2.50. The first kappa shape index (κ1) is 23.4. The van der Waals surface area contributed by atoms with Crippen LogP contribution in [0.1, 0.15) is 12.2 Å². The van der Waals surface area contributed by atoms with Crippen LogP contribution in [0.15, 0.2) is 6.20 Å². The summed E-state index contributed by atoms with van der Waals surface area (Å²) in [5.74, 6) is 1.69. The van der Waals surface area contributed by atoms with Gasteiger partial charge in [-0.05, 0) is 6.92 Å². The molecule has 9 nitrogen and oxygen atoms in total. The normalized spacial score (nSPS) is 15.3. The molecule has 1 fully saturated rings. The molecule has 1 atom stereocenters. The lowest BCUT2D eigenvalue weighted by Gasteiger charge is -2.36. The van der Waals surface area contributed by atoms with E-state index in [2.05, 4.69) is 20.0 Å². The fraction of sp³-hybridized carbons (Fsp3) is 0.625. The van der Waals surface area contributed by atoms with Gasteiger partial charge in [0.05, 0.1) is 24.1 Å². The number of carbonyl (C=O) groups is 1. The Morgan fingerprint density at radius 3 is 2.52 bits per heavy atom. The van der Waals surface area contributed by atoms with Crippen molar-refractivity contribution in [3.8, 4) is 0 Å². The van der Waals surface area contributed by atoms with Gasteiger partial charge in [-0.2, -0.15) is 5.10 Å². The van der Waals surface area contributed by atoms with Crippen molar-refractivity contribution in [1.29, 1.82) is 0 Å². The minimum absolute atomic E-state index is 0. The number of hydrogen-bond donors (Lipinski definition) is 1. The van der Waals surface area contributed by atoms with Gasteiger partial charge in [-0.15, -0.1) is 24.8 Å². The van der Waals surface area contributed by atoms with Gasteiger partial charge in [0.25, 0.3) is 0 Å². The maximum Gasteiger partial charge on any atom is 0.225 e. The van der Waals surface area contributed by atoms with Crippen LogP contribution >= 0.6 is 24.8 Å². The third-order valence-corrected chi connectivity index (χ3v) is 4.61. The predicted octanol–water partition coefficient (Wildman–Crippen LogP) is 0.528. The van der Waals surface area contributed by atoms with E-state index < -0.39 is 0 Å².